The second-order valence-corrected chi connectivity index (χ2v) is 4.28. The fourth-order valence-electron chi connectivity index (χ4n) is 1.26. The number of carboxylic acids is 1. The molecule has 0 unspecified atom stereocenters. The molecular formula is C11H21N3O3S. The average molecular weight is 275 g/mol. The Hall–Kier alpha value is -1.37. The van der Waals surface area contributed by atoms with Gasteiger partial charge in [-0.1, -0.05) is 6.42 Å². The van der Waals surface area contributed by atoms with Crippen LogP contribution in [0.15, 0.2) is 0 Å². The molecule has 0 aromatic carbocycles. The monoisotopic (exact) mass is 275 g/mol. The SMILES string of the molecule is CC(=O)NCCNC(=S)NCCCCCC(=O)O. The molecular weight excluding hydrogens is 254 g/mol. The van der Waals surface area contributed by atoms with E-state index in [1.807, 2.05) is 0 Å². The van der Waals surface area contributed by atoms with E-state index in [1.54, 1.807) is 0 Å². The van der Waals surface area contributed by atoms with Crippen molar-refractivity contribution in [2.45, 2.75) is 32.6 Å². The molecule has 1 amide bonds. The molecule has 0 saturated carbocycles. The average Bonchev–Trinajstić information content (AvgIpc) is 2.28. The minimum atomic E-state index is -0.752. The molecule has 6 nitrogen and oxygen atoms in total. The molecule has 0 heterocycles. The molecule has 0 atom stereocenters. The summed E-state index contributed by atoms with van der Waals surface area (Å²) in [5, 5.41) is 17.6. The summed E-state index contributed by atoms with van der Waals surface area (Å²) in [6.45, 7) is 3.32. The molecule has 0 aliphatic rings. The Labute approximate surface area is 113 Å². The number of amides is 1. The maximum atomic E-state index is 10.6. The van der Waals surface area contributed by atoms with Gasteiger partial charge in [0.05, 0.1) is 0 Å². The maximum absolute atomic E-state index is 10.6. The van der Waals surface area contributed by atoms with Gasteiger partial charge >= 0.3 is 5.97 Å². The van der Waals surface area contributed by atoms with Crippen LogP contribution in [0.5, 0.6) is 0 Å². The molecule has 0 rings (SSSR count). The highest BCUT2D eigenvalue weighted by Crippen LogP contribution is 1.98. The number of carboxylic acid groups (broad SMARTS) is 1. The van der Waals surface area contributed by atoms with Gasteiger partial charge in [-0.3, -0.25) is 9.59 Å². The molecule has 0 fully saturated rings. The van der Waals surface area contributed by atoms with Crippen LogP contribution in [0.25, 0.3) is 0 Å². The summed E-state index contributed by atoms with van der Waals surface area (Å²) in [5.74, 6) is -0.813. The summed E-state index contributed by atoms with van der Waals surface area (Å²) in [6, 6.07) is 0. The summed E-state index contributed by atoms with van der Waals surface area (Å²) < 4.78 is 0. The Morgan fingerprint density at radius 2 is 1.61 bits per heavy atom. The van der Waals surface area contributed by atoms with Gasteiger partial charge in [-0.2, -0.15) is 0 Å². The molecule has 4 N–H and O–H groups in total. The largest absolute Gasteiger partial charge is 0.481 e. The normalized spacial score (nSPS) is 9.61. The van der Waals surface area contributed by atoms with Gasteiger partial charge in [0.15, 0.2) is 5.11 Å². The van der Waals surface area contributed by atoms with Crippen LogP contribution in [0.2, 0.25) is 0 Å². The summed E-state index contributed by atoms with van der Waals surface area (Å²) in [6.07, 6.45) is 2.67. The molecule has 0 saturated heterocycles. The predicted octanol–water partition coefficient (Wildman–Crippen LogP) is 0.232. The Bertz CT molecular complexity index is 285. The maximum Gasteiger partial charge on any atom is 0.303 e. The van der Waals surface area contributed by atoms with E-state index in [9.17, 15) is 9.59 Å². The minimum Gasteiger partial charge on any atom is -0.481 e. The van der Waals surface area contributed by atoms with Crippen LogP contribution in [-0.4, -0.2) is 41.7 Å². The van der Waals surface area contributed by atoms with Crippen LogP contribution in [0.3, 0.4) is 0 Å². The summed E-state index contributed by atoms with van der Waals surface area (Å²) in [5.41, 5.74) is 0. The van der Waals surface area contributed by atoms with E-state index < -0.39 is 5.97 Å². The predicted molar refractivity (Wildman–Crippen MR) is 73.4 cm³/mol. The molecule has 0 radical (unpaired) electrons. The molecule has 18 heavy (non-hydrogen) atoms. The van der Waals surface area contributed by atoms with E-state index in [0.717, 1.165) is 19.4 Å². The van der Waals surface area contributed by atoms with Crippen molar-refractivity contribution in [3.8, 4) is 0 Å². The van der Waals surface area contributed by atoms with Crippen molar-refractivity contribution in [3.05, 3.63) is 0 Å². The van der Waals surface area contributed by atoms with Gasteiger partial charge in [0.1, 0.15) is 0 Å². The molecule has 0 bridgehead atoms. The van der Waals surface area contributed by atoms with Crippen LogP contribution in [0.1, 0.15) is 32.6 Å². The van der Waals surface area contributed by atoms with E-state index in [4.69, 9.17) is 17.3 Å². The number of rotatable bonds is 9. The lowest BCUT2D eigenvalue weighted by Gasteiger charge is -2.10. The quantitative estimate of drug-likeness (QED) is 0.356. The molecule has 0 aromatic heterocycles. The molecule has 7 heteroatoms. The Balaban J connectivity index is 3.26. The number of thiocarbonyl (C=S) groups is 1. The van der Waals surface area contributed by atoms with Crippen molar-refractivity contribution in [2.24, 2.45) is 0 Å². The molecule has 0 aromatic rings. The van der Waals surface area contributed by atoms with E-state index >= 15 is 0 Å². The molecule has 0 aliphatic carbocycles. The number of aliphatic carboxylic acids is 1. The number of nitrogens with one attached hydrogen (secondary N) is 3. The van der Waals surface area contributed by atoms with Crippen molar-refractivity contribution >= 4 is 29.2 Å². The first kappa shape index (κ1) is 16.6. The second-order valence-electron chi connectivity index (χ2n) is 3.87. The summed E-state index contributed by atoms with van der Waals surface area (Å²) in [7, 11) is 0. The number of carbonyl (C=O) groups is 2. The van der Waals surface area contributed by atoms with Gasteiger partial charge in [-0.15, -0.1) is 0 Å². The van der Waals surface area contributed by atoms with Crippen LogP contribution in [-0.2, 0) is 9.59 Å². The third-order valence-corrected chi connectivity index (χ3v) is 2.43. The first-order valence-corrected chi connectivity index (χ1v) is 6.41. The smallest absolute Gasteiger partial charge is 0.303 e. The van der Waals surface area contributed by atoms with Gasteiger partial charge in [0.2, 0.25) is 5.91 Å². The highest BCUT2D eigenvalue weighted by molar-refractivity contribution is 7.80. The standard InChI is InChI=1S/C11H21N3O3S/c1-9(15)12-7-8-14-11(18)13-6-4-2-3-5-10(16)17/h2-8H2,1H3,(H,12,15)(H,16,17)(H2,13,14,18). The fourth-order valence-corrected chi connectivity index (χ4v) is 1.46. The minimum absolute atomic E-state index is 0.0610. The fraction of sp³-hybridized carbons (Fsp3) is 0.727. The van der Waals surface area contributed by atoms with Crippen molar-refractivity contribution in [3.63, 3.8) is 0 Å². The zero-order valence-electron chi connectivity index (χ0n) is 10.6. The highest BCUT2D eigenvalue weighted by atomic mass is 32.1. The van der Waals surface area contributed by atoms with Gasteiger partial charge < -0.3 is 21.1 Å². The Morgan fingerprint density at radius 1 is 1.00 bits per heavy atom. The first-order valence-electron chi connectivity index (χ1n) is 6.00. The number of hydrogen-bond acceptors (Lipinski definition) is 3. The van der Waals surface area contributed by atoms with Crippen LogP contribution in [0, 0.1) is 0 Å². The number of unbranched alkanes of at least 4 members (excludes halogenated alkanes) is 2. The van der Waals surface area contributed by atoms with E-state index in [0.29, 0.717) is 24.6 Å². The van der Waals surface area contributed by atoms with Gasteiger partial charge in [0.25, 0.3) is 0 Å². The topological polar surface area (TPSA) is 90.5 Å². The van der Waals surface area contributed by atoms with E-state index in [2.05, 4.69) is 16.0 Å². The van der Waals surface area contributed by atoms with Gasteiger partial charge in [0, 0.05) is 33.0 Å². The summed E-state index contributed by atoms with van der Waals surface area (Å²) >= 11 is 5.02. The van der Waals surface area contributed by atoms with Crippen LogP contribution < -0.4 is 16.0 Å². The second kappa shape index (κ2) is 10.8. The Morgan fingerprint density at radius 3 is 2.22 bits per heavy atom. The zero-order valence-corrected chi connectivity index (χ0v) is 11.4. The lowest BCUT2D eigenvalue weighted by Crippen LogP contribution is -2.40. The number of carbonyl (C=O) groups excluding carboxylic acids is 1. The van der Waals surface area contributed by atoms with Crippen molar-refractivity contribution in [1.29, 1.82) is 0 Å². The van der Waals surface area contributed by atoms with Crippen LogP contribution >= 0.6 is 12.2 Å². The van der Waals surface area contributed by atoms with Crippen LogP contribution in [0.4, 0.5) is 0 Å². The zero-order chi connectivity index (χ0) is 13.8. The van der Waals surface area contributed by atoms with Crippen molar-refractivity contribution in [2.75, 3.05) is 19.6 Å². The lowest BCUT2D eigenvalue weighted by molar-refractivity contribution is -0.137. The lowest BCUT2D eigenvalue weighted by atomic mass is 10.2. The van der Waals surface area contributed by atoms with Crippen molar-refractivity contribution in [1.82, 2.24) is 16.0 Å². The third-order valence-electron chi connectivity index (χ3n) is 2.14. The first-order chi connectivity index (χ1) is 8.52. The van der Waals surface area contributed by atoms with Gasteiger partial charge in [-0.25, -0.2) is 0 Å². The third kappa shape index (κ3) is 12.7. The Kier molecular flexibility index (Phi) is 9.94. The molecule has 104 valence electrons. The van der Waals surface area contributed by atoms with Crippen molar-refractivity contribution < 1.29 is 14.7 Å². The highest BCUT2D eigenvalue weighted by Gasteiger charge is 1.97. The van der Waals surface area contributed by atoms with E-state index in [1.165, 1.54) is 6.92 Å². The molecule has 0 aliphatic heterocycles. The number of hydrogen-bond donors (Lipinski definition) is 4. The summed E-state index contributed by atoms with van der Waals surface area (Å²) in [4.78, 5) is 20.8. The van der Waals surface area contributed by atoms with E-state index in [-0.39, 0.29) is 12.3 Å². The van der Waals surface area contributed by atoms with Gasteiger partial charge in [-0.05, 0) is 25.1 Å². The molecule has 0 spiro atoms.